The van der Waals surface area contributed by atoms with E-state index in [4.69, 9.17) is 9.72 Å². The van der Waals surface area contributed by atoms with Crippen molar-refractivity contribution in [2.24, 2.45) is 5.92 Å². The Morgan fingerprint density at radius 1 is 1.10 bits per heavy atom. The smallest absolute Gasteiger partial charge is 0.245 e. The maximum Gasteiger partial charge on any atom is 0.245 e. The second-order valence-electron chi connectivity index (χ2n) is 8.00. The van der Waals surface area contributed by atoms with E-state index >= 15 is 0 Å². The van der Waals surface area contributed by atoms with E-state index in [9.17, 15) is 4.79 Å². The lowest BCUT2D eigenvalue weighted by molar-refractivity contribution is -0.115. The predicted octanol–water partition coefficient (Wildman–Crippen LogP) is 2.29. The highest BCUT2D eigenvalue weighted by molar-refractivity contribution is 5.99. The first-order valence-corrected chi connectivity index (χ1v) is 10.5. The van der Waals surface area contributed by atoms with E-state index in [1.54, 1.807) is 19.5 Å². The Labute approximate surface area is 179 Å². The van der Waals surface area contributed by atoms with Crippen LogP contribution >= 0.6 is 0 Å². The lowest BCUT2D eigenvalue weighted by Gasteiger charge is -2.35. The Kier molecular flexibility index (Phi) is 5.29. The van der Waals surface area contributed by atoms with Gasteiger partial charge in [-0.15, -0.1) is 0 Å². The first-order chi connectivity index (χ1) is 15.2. The van der Waals surface area contributed by atoms with Crippen molar-refractivity contribution in [3.05, 3.63) is 30.9 Å². The Morgan fingerprint density at radius 3 is 2.68 bits per heavy atom. The van der Waals surface area contributed by atoms with Gasteiger partial charge in [-0.3, -0.25) is 14.9 Å². The highest BCUT2D eigenvalue weighted by atomic mass is 16.5. The van der Waals surface area contributed by atoms with Crippen molar-refractivity contribution in [2.75, 3.05) is 30.4 Å². The molecule has 160 valence electrons. The summed E-state index contributed by atoms with van der Waals surface area (Å²) < 4.78 is 5.48. The average molecular weight is 420 g/mol. The molecule has 31 heavy (non-hydrogen) atoms. The molecule has 10 nitrogen and oxygen atoms in total. The molecule has 1 aliphatic carbocycles. The Bertz CT molecular complexity index is 1050. The van der Waals surface area contributed by atoms with Crippen molar-refractivity contribution in [2.45, 2.75) is 31.8 Å². The number of hydrogen-bond donors (Lipinski definition) is 2. The van der Waals surface area contributed by atoms with E-state index < -0.39 is 0 Å². The lowest BCUT2D eigenvalue weighted by atomic mass is 9.87. The van der Waals surface area contributed by atoms with Crippen LogP contribution in [-0.4, -0.2) is 62.3 Å². The molecule has 0 unspecified atom stereocenters. The minimum absolute atomic E-state index is 0.0572. The summed E-state index contributed by atoms with van der Waals surface area (Å²) in [4.78, 5) is 32.2. The molecular weight excluding hydrogens is 396 g/mol. The zero-order valence-corrected chi connectivity index (χ0v) is 17.3. The maximum atomic E-state index is 12.2. The topological polar surface area (TPSA) is 122 Å². The first-order valence-electron chi connectivity index (χ1n) is 10.5. The number of H-pyrrole nitrogens is 1. The molecule has 5 rings (SSSR count). The minimum atomic E-state index is -0.0572. The fourth-order valence-corrected chi connectivity index (χ4v) is 4.27. The van der Waals surface area contributed by atoms with E-state index in [1.807, 2.05) is 12.1 Å². The second kappa shape index (κ2) is 8.38. The molecule has 1 fully saturated rings. The molecule has 10 heteroatoms. The summed E-state index contributed by atoms with van der Waals surface area (Å²) in [5.41, 5.74) is 2.25. The number of hydrogen-bond acceptors (Lipinski definition) is 8. The molecule has 1 saturated carbocycles. The summed E-state index contributed by atoms with van der Waals surface area (Å²) in [5.74, 6) is 2.29. The number of aromatic amines is 1. The fourth-order valence-electron chi connectivity index (χ4n) is 4.27. The van der Waals surface area contributed by atoms with Crippen LogP contribution in [0.4, 0.5) is 11.6 Å². The molecule has 2 aliphatic rings. The van der Waals surface area contributed by atoms with Crippen molar-refractivity contribution in [1.29, 1.82) is 0 Å². The van der Waals surface area contributed by atoms with Gasteiger partial charge in [-0.25, -0.2) is 15.0 Å². The van der Waals surface area contributed by atoms with E-state index in [0.717, 1.165) is 37.8 Å². The van der Waals surface area contributed by atoms with Crippen LogP contribution in [0.5, 0.6) is 0 Å². The van der Waals surface area contributed by atoms with Crippen LogP contribution in [0, 0.1) is 5.92 Å². The number of aromatic nitrogens is 6. The van der Waals surface area contributed by atoms with Crippen LogP contribution in [-0.2, 0) is 9.53 Å². The molecule has 0 atom stereocenters. The van der Waals surface area contributed by atoms with Crippen LogP contribution in [0.1, 0.15) is 25.7 Å². The number of ether oxygens (including phenoxy) is 1. The zero-order valence-electron chi connectivity index (χ0n) is 17.3. The van der Waals surface area contributed by atoms with Gasteiger partial charge in [0.05, 0.1) is 24.5 Å². The Balaban J connectivity index is 1.37. The third-order valence-corrected chi connectivity index (χ3v) is 5.97. The van der Waals surface area contributed by atoms with E-state index in [0.29, 0.717) is 40.9 Å². The fraction of sp³-hybridized carbons (Fsp3) is 0.429. The minimum Gasteiger partial charge on any atom is -0.381 e. The molecule has 0 aromatic carbocycles. The van der Waals surface area contributed by atoms with Crippen molar-refractivity contribution in [1.82, 2.24) is 30.1 Å². The van der Waals surface area contributed by atoms with E-state index in [1.165, 1.54) is 6.33 Å². The standard InChI is InChI=1S/C21H24N8O2/c1-31-15-5-2-13(3-6-15)10-29-11-18(30)27-20-21(29)26-17(9-23-20)14-4-7-16(22-8-14)19-24-12-25-28-19/h4,7-9,12-13,15H,2-3,5-6,10-11H2,1H3,(H,23,27,30)(H,24,25,28). The summed E-state index contributed by atoms with van der Waals surface area (Å²) >= 11 is 0. The molecule has 0 radical (unpaired) electrons. The van der Waals surface area contributed by atoms with Crippen LogP contribution in [0.2, 0.25) is 0 Å². The van der Waals surface area contributed by atoms with Crippen LogP contribution in [0.15, 0.2) is 30.9 Å². The van der Waals surface area contributed by atoms with Crippen molar-refractivity contribution in [3.8, 4) is 22.8 Å². The zero-order chi connectivity index (χ0) is 21.2. The summed E-state index contributed by atoms with van der Waals surface area (Å²) in [6, 6.07) is 3.80. The summed E-state index contributed by atoms with van der Waals surface area (Å²) in [6.45, 7) is 1.08. The number of rotatable bonds is 5. The highest BCUT2D eigenvalue weighted by Crippen LogP contribution is 2.32. The van der Waals surface area contributed by atoms with Gasteiger partial charge in [0, 0.05) is 25.4 Å². The van der Waals surface area contributed by atoms with Crippen molar-refractivity contribution in [3.63, 3.8) is 0 Å². The number of anilines is 2. The number of fused-ring (bicyclic) bond motifs is 1. The maximum absolute atomic E-state index is 12.2. The number of amides is 1. The number of carbonyl (C=O) groups excluding carboxylic acids is 1. The van der Waals surface area contributed by atoms with Crippen LogP contribution in [0.25, 0.3) is 22.8 Å². The van der Waals surface area contributed by atoms with Gasteiger partial charge >= 0.3 is 0 Å². The third-order valence-electron chi connectivity index (χ3n) is 5.97. The summed E-state index contributed by atoms with van der Waals surface area (Å²) in [5, 5.41) is 9.50. The van der Waals surface area contributed by atoms with Gasteiger partial charge in [0.1, 0.15) is 12.0 Å². The van der Waals surface area contributed by atoms with Crippen LogP contribution < -0.4 is 10.2 Å². The number of nitrogens with zero attached hydrogens (tertiary/aromatic N) is 6. The molecule has 0 spiro atoms. The second-order valence-corrected chi connectivity index (χ2v) is 8.00. The number of pyridine rings is 1. The van der Waals surface area contributed by atoms with Gasteiger partial charge in [0.15, 0.2) is 17.5 Å². The van der Waals surface area contributed by atoms with Gasteiger partial charge in [-0.05, 0) is 43.7 Å². The molecule has 3 aromatic heterocycles. The summed E-state index contributed by atoms with van der Waals surface area (Å²) in [7, 11) is 1.78. The Hall–Kier alpha value is -3.40. The predicted molar refractivity (Wildman–Crippen MR) is 114 cm³/mol. The highest BCUT2D eigenvalue weighted by Gasteiger charge is 2.29. The van der Waals surface area contributed by atoms with E-state index in [-0.39, 0.29) is 12.5 Å². The van der Waals surface area contributed by atoms with Gasteiger partial charge in [-0.1, -0.05) is 0 Å². The van der Waals surface area contributed by atoms with Gasteiger partial charge in [0.2, 0.25) is 5.91 Å². The third kappa shape index (κ3) is 4.11. The van der Waals surface area contributed by atoms with Crippen molar-refractivity contribution >= 4 is 17.5 Å². The van der Waals surface area contributed by atoms with Crippen LogP contribution in [0.3, 0.4) is 0 Å². The van der Waals surface area contributed by atoms with Crippen molar-refractivity contribution < 1.29 is 9.53 Å². The number of nitrogens with one attached hydrogen (secondary N) is 2. The molecular formula is C21H24N8O2. The largest absolute Gasteiger partial charge is 0.381 e. The first kappa shape index (κ1) is 19.6. The summed E-state index contributed by atoms with van der Waals surface area (Å²) in [6.07, 6.45) is 9.50. The molecule has 3 aromatic rings. The monoisotopic (exact) mass is 420 g/mol. The SMILES string of the molecule is COC1CCC(CN2CC(=O)Nc3ncc(-c4ccc(-c5ncn[nH]5)nc4)nc32)CC1. The molecule has 4 heterocycles. The molecule has 2 N–H and O–H groups in total. The van der Waals surface area contributed by atoms with Gasteiger partial charge < -0.3 is 15.0 Å². The quantitative estimate of drug-likeness (QED) is 0.645. The lowest BCUT2D eigenvalue weighted by Crippen LogP contribution is -2.42. The Morgan fingerprint density at radius 2 is 1.97 bits per heavy atom. The average Bonchev–Trinajstić information content (AvgIpc) is 3.34. The molecule has 0 bridgehead atoms. The van der Waals surface area contributed by atoms with Gasteiger partial charge in [0.25, 0.3) is 0 Å². The van der Waals surface area contributed by atoms with E-state index in [2.05, 4.69) is 35.4 Å². The van der Waals surface area contributed by atoms with Gasteiger partial charge in [-0.2, -0.15) is 5.10 Å². The molecule has 1 aliphatic heterocycles. The number of carbonyl (C=O) groups is 1. The number of methoxy groups -OCH3 is 1. The molecule has 0 saturated heterocycles. The molecule has 1 amide bonds. The normalized spacial score (nSPS) is 20.9.